The number of carbonyl (C=O) groups excluding carboxylic acids is 1. The molecule has 0 aliphatic rings. The average molecular weight is 276 g/mol. The number of rotatable bonds is 5. The Balaban J connectivity index is 2.09. The van der Waals surface area contributed by atoms with Crippen LogP contribution in [0.1, 0.15) is 24.3 Å². The van der Waals surface area contributed by atoms with Crippen molar-refractivity contribution in [1.82, 2.24) is 14.9 Å². The molecule has 0 saturated heterocycles. The molecule has 6 heteroatoms. The van der Waals surface area contributed by atoms with Gasteiger partial charge in [-0.3, -0.25) is 9.78 Å². The Morgan fingerprint density at radius 3 is 2.84 bits per heavy atom. The van der Waals surface area contributed by atoms with Crippen LogP contribution in [0.2, 0.25) is 0 Å². The van der Waals surface area contributed by atoms with E-state index < -0.39 is 0 Å². The van der Waals surface area contributed by atoms with Crippen molar-refractivity contribution in [1.29, 1.82) is 0 Å². The highest BCUT2D eigenvalue weighted by Gasteiger charge is 2.15. The van der Waals surface area contributed by atoms with Crippen molar-refractivity contribution in [3.8, 4) is 0 Å². The van der Waals surface area contributed by atoms with Gasteiger partial charge in [-0.1, -0.05) is 0 Å². The van der Waals surface area contributed by atoms with Crippen LogP contribution in [0.15, 0.2) is 29.9 Å². The fourth-order valence-electron chi connectivity index (χ4n) is 1.66. The van der Waals surface area contributed by atoms with E-state index in [1.165, 1.54) is 11.3 Å². The summed E-state index contributed by atoms with van der Waals surface area (Å²) >= 11 is 1.41. The minimum atomic E-state index is -0.0273. The Morgan fingerprint density at radius 1 is 1.42 bits per heavy atom. The molecule has 1 amide bonds. The second-order valence-electron chi connectivity index (χ2n) is 3.88. The van der Waals surface area contributed by atoms with Gasteiger partial charge in [0.25, 0.3) is 5.91 Å². The van der Waals surface area contributed by atoms with Crippen molar-refractivity contribution in [2.75, 3.05) is 18.4 Å². The summed E-state index contributed by atoms with van der Waals surface area (Å²) in [6.07, 6.45) is 3.43. The molecular formula is C13H16N4OS. The lowest BCUT2D eigenvalue weighted by Gasteiger charge is -2.16. The van der Waals surface area contributed by atoms with Crippen LogP contribution < -0.4 is 5.32 Å². The molecule has 0 atom stereocenters. The summed E-state index contributed by atoms with van der Waals surface area (Å²) in [5.41, 5.74) is 1.35. The Bertz CT molecular complexity index is 537. The van der Waals surface area contributed by atoms with Crippen LogP contribution in [0.25, 0.3) is 0 Å². The summed E-state index contributed by atoms with van der Waals surface area (Å²) in [6, 6.07) is 3.75. The van der Waals surface area contributed by atoms with E-state index in [2.05, 4.69) is 15.3 Å². The largest absolute Gasteiger partial charge is 0.338 e. The molecule has 2 heterocycles. The molecule has 1 N–H and O–H groups in total. The molecular weight excluding hydrogens is 260 g/mol. The summed E-state index contributed by atoms with van der Waals surface area (Å²) in [5, 5.41) is 5.60. The van der Waals surface area contributed by atoms with Crippen molar-refractivity contribution in [2.45, 2.75) is 13.8 Å². The summed E-state index contributed by atoms with van der Waals surface area (Å²) in [7, 11) is 0. The number of amides is 1. The maximum Gasteiger partial charge on any atom is 0.273 e. The molecule has 19 heavy (non-hydrogen) atoms. The van der Waals surface area contributed by atoms with Gasteiger partial charge in [0.1, 0.15) is 5.69 Å². The van der Waals surface area contributed by atoms with Crippen molar-refractivity contribution in [2.24, 2.45) is 0 Å². The summed E-state index contributed by atoms with van der Waals surface area (Å²) in [5.74, 6) is -0.0273. The van der Waals surface area contributed by atoms with Gasteiger partial charge in [0.2, 0.25) is 0 Å². The van der Waals surface area contributed by atoms with Gasteiger partial charge in [0.05, 0.1) is 11.9 Å². The minimum absolute atomic E-state index is 0.0273. The molecule has 0 unspecified atom stereocenters. The highest BCUT2D eigenvalue weighted by Crippen LogP contribution is 2.20. The predicted octanol–water partition coefficient (Wildman–Crippen LogP) is 2.76. The number of hydrogen-bond acceptors (Lipinski definition) is 5. The molecule has 0 radical (unpaired) electrons. The van der Waals surface area contributed by atoms with E-state index in [9.17, 15) is 4.79 Å². The SMILES string of the molecule is CCN(CC)C(=O)c1csc(Nc2cccnc2)n1. The van der Waals surface area contributed by atoms with Crippen LogP contribution in [0.5, 0.6) is 0 Å². The first-order valence-corrected chi connectivity index (χ1v) is 7.04. The smallest absolute Gasteiger partial charge is 0.273 e. The molecule has 0 aliphatic carbocycles. The van der Waals surface area contributed by atoms with E-state index in [0.29, 0.717) is 23.9 Å². The molecule has 2 aromatic heterocycles. The third-order valence-corrected chi connectivity index (χ3v) is 3.44. The van der Waals surface area contributed by atoms with Gasteiger partial charge in [-0.25, -0.2) is 4.98 Å². The zero-order chi connectivity index (χ0) is 13.7. The van der Waals surface area contributed by atoms with E-state index in [1.807, 2.05) is 26.0 Å². The summed E-state index contributed by atoms with van der Waals surface area (Å²) in [4.78, 5) is 22.2. The van der Waals surface area contributed by atoms with E-state index in [1.54, 1.807) is 22.7 Å². The first-order valence-electron chi connectivity index (χ1n) is 6.16. The number of aromatic nitrogens is 2. The van der Waals surface area contributed by atoms with Crippen molar-refractivity contribution >= 4 is 28.1 Å². The van der Waals surface area contributed by atoms with Gasteiger partial charge in [0, 0.05) is 24.7 Å². The first-order chi connectivity index (χ1) is 9.24. The number of anilines is 2. The zero-order valence-corrected chi connectivity index (χ0v) is 11.8. The molecule has 0 saturated carbocycles. The van der Waals surface area contributed by atoms with Crippen molar-refractivity contribution in [3.63, 3.8) is 0 Å². The number of nitrogens with zero attached hydrogens (tertiary/aromatic N) is 3. The fraction of sp³-hybridized carbons (Fsp3) is 0.308. The lowest BCUT2D eigenvalue weighted by Crippen LogP contribution is -2.30. The minimum Gasteiger partial charge on any atom is -0.338 e. The third-order valence-electron chi connectivity index (χ3n) is 2.69. The fourth-order valence-corrected chi connectivity index (χ4v) is 2.37. The van der Waals surface area contributed by atoms with E-state index in [-0.39, 0.29) is 5.91 Å². The highest BCUT2D eigenvalue weighted by atomic mass is 32.1. The van der Waals surface area contributed by atoms with E-state index in [4.69, 9.17) is 0 Å². The van der Waals surface area contributed by atoms with Gasteiger partial charge in [-0.2, -0.15) is 0 Å². The molecule has 5 nitrogen and oxygen atoms in total. The topological polar surface area (TPSA) is 58.1 Å². The predicted molar refractivity (Wildman–Crippen MR) is 76.9 cm³/mol. The Labute approximate surface area is 116 Å². The Kier molecular flexibility index (Phi) is 4.46. The van der Waals surface area contributed by atoms with Crippen LogP contribution in [0, 0.1) is 0 Å². The Hall–Kier alpha value is -1.95. The van der Waals surface area contributed by atoms with Gasteiger partial charge in [0.15, 0.2) is 5.13 Å². The maximum absolute atomic E-state index is 12.1. The standard InChI is InChI=1S/C13H16N4OS/c1-3-17(4-2)12(18)11-9-19-13(16-11)15-10-6-5-7-14-8-10/h5-9H,3-4H2,1-2H3,(H,15,16). The number of nitrogens with one attached hydrogen (secondary N) is 1. The molecule has 0 spiro atoms. The quantitative estimate of drug-likeness (QED) is 0.912. The second kappa shape index (κ2) is 6.29. The van der Waals surface area contributed by atoms with E-state index in [0.717, 1.165) is 5.69 Å². The van der Waals surface area contributed by atoms with Crippen LogP contribution in [0.3, 0.4) is 0 Å². The van der Waals surface area contributed by atoms with Gasteiger partial charge in [-0.15, -0.1) is 11.3 Å². The Morgan fingerprint density at radius 2 is 2.21 bits per heavy atom. The molecule has 100 valence electrons. The number of hydrogen-bond donors (Lipinski definition) is 1. The van der Waals surface area contributed by atoms with Crippen molar-refractivity contribution < 1.29 is 4.79 Å². The van der Waals surface area contributed by atoms with Gasteiger partial charge in [-0.05, 0) is 26.0 Å². The first kappa shape index (κ1) is 13.5. The van der Waals surface area contributed by atoms with Gasteiger partial charge < -0.3 is 10.2 Å². The summed E-state index contributed by atoms with van der Waals surface area (Å²) < 4.78 is 0. The third kappa shape index (κ3) is 3.29. The monoisotopic (exact) mass is 276 g/mol. The van der Waals surface area contributed by atoms with Crippen molar-refractivity contribution in [3.05, 3.63) is 35.6 Å². The van der Waals surface area contributed by atoms with Gasteiger partial charge >= 0.3 is 0 Å². The highest BCUT2D eigenvalue weighted by molar-refractivity contribution is 7.14. The summed E-state index contributed by atoms with van der Waals surface area (Å²) in [6.45, 7) is 5.31. The lowest BCUT2D eigenvalue weighted by molar-refractivity contribution is 0.0768. The van der Waals surface area contributed by atoms with E-state index >= 15 is 0 Å². The maximum atomic E-state index is 12.1. The van der Waals surface area contributed by atoms with Crippen LogP contribution in [0.4, 0.5) is 10.8 Å². The average Bonchev–Trinajstić information content (AvgIpc) is 2.89. The number of thiazole rings is 1. The molecule has 0 fully saturated rings. The molecule has 0 bridgehead atoms. The zero-order valence-electron chi connectivity index (χ0n) is 11.0. The second-order valence-corrected chi connectivity index (χ2v) is 4.74. The van der Waals surface area contributed by atoms with Crippen LogP contribution in [-0.4, -0.2) is 33.9 Å². The normalized spacial score (nSPS) is 10.2. The number of pyridine rings is 1. The van der Waals surface area contributed by atoms with Crippen LogP contribution in [-0.2, 0) is 0 Å². The lowest BCUT2D eigenvalue weighted by atomic mass is 10.4. The molecule has 0 aromatic carbocycles. The number of carbonyl (C=O) groups is 1. The molecule has 0 aliphatic heterocycles. The molecule has 2 aromatic rings. The van der Waals surface area contributed by atoms with Crippen LogP contribution >= 0.6 is 11.3 Å². The molecule has 2 rings (SSSR count).